The summed E-state index contributed by atoms with van der Waals surface area (Å²) in [7, 11) is 3.34. The van der Waals surface area contributed by atoms with Crippen molar-refractivity contribution in [3.8, 4) is 11.5 Å². The van der Waals surface area contributed by atoms with Gasteiger partial charge < -0.3 is 15.2 Å². The van der Waals surface area contributed by atoms with E-state index in [4.69, 9.17) is 15.2 Å². The molecule has 2 atom stereocenters. The van der Waals surface area contributed by atoms with Crippen molar-refractivity contribution in [3.05, 3.63) is 23.8 Å². The van der Waals surface area contributed by atoms with E-state index < -0.39 is 0 Å². The van der Waals surface area contributed by atoms with Gasteiger partial charge in [-0.15, -0.1) is 0 Å². The van der Waals surface area contributed by atoms with Gasteiger partial charge in [0.25, 0.3) is 0 Å². The van der Waals surface area contributed by atoms with E-state index in [2.05, 4.69) is 24.0 Å². The highest BCUT2D eigenvalue weighted by molar-refractivity contribution is 5.43. The lowest BCUT2D eigenvalue weighted by atomic mass is 9.97. The molecule has 20 heavy (non-hydrogen) atoms. The summed E-state index contributed by atoms with van der Waals surface area (Å²) < 4.78 is 10.7. The molecule has 0 spiro atoms. The summed E-state index contributed by atoms with van der Waals surface area (Å²) in [6.45, 7) is 4.10. The maximum absolute atomic E-state index is 5.92. The predicted octanol–water partition coefficient (Wildman–Crippen LogP) is 2.58. The highest BCUT2D eigenvalue weighted by Gasteiger charge is 2.26. The van der Waals surface area contributed by atoms with Crippen LogP contribution < -0.4 is 15.2 Å². The smallest absolute Gasteiger partial charge is 0.161 e. The Morgan fingerprint density at radius 3 is 2.65 bits per heavy atom. The second-order valence-corrected chi connectivity index (χ2v) is 5.41. The number of benzene rings is 1. The van der Waals surface area contributed by atoms with Crippen LogP contribution in [-0.2, 0) is 0 Å². The number of nitrogens with two attached hydrogens (primary N) is 1. The first-order chi connectivity index (χ1) is 9.71. The molecule has 1 aromatic rings. The van der Waals surface area contributed by atoms with Gasteiger partial charge in [0.05, 0.1) is 14.2 Å². The second kappa shape index (κ2) is 6.95. The summed E-state index contributed by atoms with van der Waals surface area (Å²) in [6, 6.07) is 7.02. The lowest BCUT2D eigenvalue weighted by Gasteiger charge is -2.39. The SMILES string of the molecule is COc1ccc(C(C)N2CCCCC2CN)cc1OC. The summed E-state index contributed by atoms with van der Waals surface area (Å²) in [4.78, 5) is 2.52. The molecule has 1 heterocycles. The van der Waals surface area contributed by atoms with Crippen molar-refractivity contribution in [2.24, 2.45) is 5.73 Å². The van der Waals surface area contributed by atoms with Crippen molar-refractivity contribution >= 4 is 0 Å². The van der Waals surface area contributed by atoms with Crippen molar-refractivity contribution in [1.82, 2.24) is 4.90 Å². The number of rotatable bonds is 5. The van der Waals surface area contributed by atoms with E-state index in [1.165, 1.54) is 24.8 Å². The fourth-order valence-electron chi connectivity index (χ4n) is 3.09. The average molecular weight is 278 g/mol. The first kappa shape index (κ1) is 15.1. The summed E-state index contributed by atoms with van der Waals surface area (Å²) in [5.74, 6) is 1.57. The molecule has 4 nitrogen and oxygen atoms in total. The van der Waals surface area contributed by atoms with Crippen molar-refractivity contribution in [2.75, 3.05) is 27.3 Å². The number of likely N-dealkylation sites (tertiary alicyclic amines) is 1. The third kappa shape index (κ3) is 3.07. The zero-order valence-electron chi connectivity index (χ0n) is 12.8. The van der Waals surface area contributed by atoms with Crippen LogP contribution >= 0.6 is 0 Å². The molecular formula is C16H26N2O2. The Morgan fingerprint density at radius 2 is 2.00 bits per heavy atom. The van der Waals surface area contributed by atoms with Gasteiger partial charge in [0.1, 0.15) is 0 Å². The minimum Gasteiger partial charge on any atom is -0.493 e. The topological polar surface area (TPSA) is 47.7 Å². The normalized spacial score (nSPS) is 21.5. The van der Waals surface area contributed by atoms with E-state index in [9.17, 15) is 0 Å². The molecule has 1 aliphatic heterocycles. The molecule has 0 aromatic heterocycles. The number of hydrogen-bond donors (Lipinski definition) is 1. The van der Waals surface area contributed by atoms with Crippen LogP contribution in [0.1, 0.15) is 37.8 Å². The molecule has 112 valence electrons. The number of piperidine rings is 1. The first-order valence-corrected chi connectivity index (χ1v) is 7.39. The van der Waals surface area contributed by atoms with E-state index in [0.29, 0.717) is 12.1 Å². The molecule has 2 rings (SSSR count). The molecule has 0 radical (unpaired) electrons. The fourth-order valence-corrected chi connectivity index (χ4v) is 3.09. The summed E-state index contributed by atoms with van der Waals surface area (Å²) in [5.41, 5.74) is 7.18. The van der Waals surface area contributed by atoms with Gasteiger partial charge >= 0.3 is 0 Å². The largest absolute Gasteiger partial charge is 0.493 e. The van der Waals surface area contributed by atoms with Gasteiger partial charge in [-0.25, -0.2) is 0 Å². The van der Waals surface area contributed by atoms with Crippen LogP contribution in [0.5, 0.6) is 11.5 Å². The lowest BCUT2D eigenvalue weighted by molar-refractivity contribution is 0.108. The van der Waals surface area contributed by atoms with Crippen LogP contribution in [0.4, 0.5) is 0 Å². The minimum absolute atomic E-state index is 0.351. The van der Waals surface area contributed by atoms with Gasteiger partial charge in [0.15, 0.2) is 11.5 Å². The van der Waals surface area contributed by atoms with Gasteiger partial charge in [-0.3, -0.25) is 4.90 Å². The Kier molecular flexibility index (Phi) is 5.26. The third-order valence-electron chi connectivity index (χ3n) is 4.33. The van der Waals surface area contributed by atoms with Crippen LogP contribution in [0.3, 0.4) is 0 Å². The zero-order chi connectivity index (χ0) is 14.5. The molecule has 1 aromatic carbocycles. The van der Waals surface area contributed by atoms with E-state index in [1.54, 1.807) is 14.2 Å². The Bertz CT molecular complexity index is 436. The van der Waals surface area contributed by atoms with Crippen LogP contribution in [0.15, 0.2) is 18.2 Å². The molecule has 0 saturated carbocycles. The molecule has 0 bridgehead atoms. The van der Waals surface area contributed by atoms with Gasteiger partial charge in [-0.05, 0) is 44.0 Å². The molecular weight excluding hydrogens is 252 g/mol. The highest BCUT2D eigenvalue weighted by atomic mass is 16.5. The maximum Gasteiger partial charge on any atom is 0.161 e. The molecule has 1 aliphatic rings. The summed E-state index contributed by atoms with van der Waals surface area (Å²) in [6.07, 6.45) is 3.75. The molecule has 2 N–H and O–H groups in total. The number of methoxy groups -OCH3 is 2. The molecule has 1 saturated heterocycles. The Morgan fingerprint density at radius 1 is 1.25 bits per heavy atom. The van der Waals surface area contributed by atoms with Crippen LogP contribution in [0.2, 0.25) is 0 Å². The summed E-state index contributed by atoms with van der Waals surface area (Å²) in [5, 5.41) is 0. The van der Waals surface area contributed by atoms with Crippen LogP contribution in [-0.4, -0.2) is 38.3 Å². The van der Waals surface area contributed by atoms with Crippen LogP contribution in [0.25, 0.3) is 0 Å². The van der Waals surface area contributed by atoms with Gasteiger partial charge in [-0.2, -0.15) is 0 Å². The van der Waals surface area contributed by atoms with E-state index in [0.717, 1.165) is 24.6 Å². The van der Waals surface area contributed by atoms with E-state index >= 15 is 0 Å². The number of ether oxygens (including phenoxy) is 2. The zero-order valence-corrected chi connectivity index (χ0v) is 12.8. The van der Waals surface area contributed by atoms with E-state index in [1.807, 2.05) is 6.07 Å². The molecule has 2 unspecified atom stereocenters. The fraction of sp³-hybridized carbons (Fsp3) is 0.625. The Labute approximate surface area is 121 Å². The standard InChI is InChI=1S/C16H26N2O2/c1-12(18-9-5-4-6-14(18)11-17)13-7-8-15(19-2)16(10-13)20-3/h7-8,10,12,14H,4-6,9,11,17H2,1-3H3. The third-order valence-corrected chi connectivity index (χ3v) is 4.33. The van der Waals surface area contributed by atoms with E-state index in [-0.39, 0.29) is 0 Å². The molecule has 0 amide bonds. The minimum atomic E-state index is 0.351. The van der Waals surface area contributed by atoms with Gasteiger partial charge in [0.2, 0.25) is 0 Å². The van der Waals surface area contributed by atoms with Crippen LogP contribution in [0, 0.1) is 0 Å². The Hall–Kier alpha value is -1.26. The highest BCUT2D eigenvalue weighted by Crippen LogP contribution is 2.34. The first-order valence-electron chi connectivity index (χ1n) is 7.39. The predicted molar refractivity (Wildman–Crippen MR) is 81.4 cm³/mol. The van der Waals surface area contributed by atoms with Gasteiger partial charge in [0, 0.05) is 18.6 Å². The molecule has 4 heteroatoms. The number of nitrogens with zero attached hydrogens (tertiary/aromatic N) is 1. The molecule has 0 aliphatic carbocycles. The van der Waals surface area contributed by atoms with Crippen molar-refractivity contribution < 1.29 is 9.47 Å². The van der Waals surface area contributed by atoms with Crippen molar-refractivity contribution in [1.29, 1.82) is 0 Å². The quantitative estimate of drug-likeness (QED) is 0.899. The lowest BCUT2D eigenvalue weighted by Crippen LogP contribution is -2.45. The maximum atomic E-state index is 5.92. The summed E-state index contributed by atoms with van der Waals surface area (Å²) >= 11 is 0. The van der Waals surface area contributed by atoms with Crippen molar-refractivity contribution in [3.63, 3.8) is 0 Å². The molecule has 1 fully saturated rings. The second-order valence-electron chi connectivity index (χ2n) is 5.41. The average Bonchev–Trinajstić information content (AvgIpc) is 2.53. The van der Waals surface area contributed by atoms with Crippen molar-refractivity contribution in [2.45, 2.75) is 38.3 Å². The number of hydrogen-bond acceptors (Lipinski definition) is 4. The van der Waals surface area contributed by atoms with Gasteiger partial charge in [-0.1, -0.05) is 12.5 Å². The Balaban J connectivity index is 2.21. The monoisotopic (exact) mass is 278 g/mol.